The third kappa shape index (κ3) is 7.22. The molecule has 1 aliphatic rings. The number of nitrogens with one attached hydrogen (secondary N) is 2. The summed E-state index contributed by atoms with van der Waals surface area (Å²) >= 11 is 1.75. The Balaban J connectivity index is 1.61. The molecule has 2 rings (SSSR count). The van der Waals surface area contributed by atoms with Gasteiger partial charge >= 0.3 is 0 Å². The molecule has 1 fully saturated rings. The van der Waals surface area contributed by atoms with Crippen LogP contribution in [0.3, 0.4) is 0 Å². The highest BCUT2D eigenvalue weighted by molar-refractivity contribution is 7.99. The van der Waals surface area contributed by atoms with Gasteiger partial charge in [-0.25, -0.2) is 4.39 Å². The van der Waals surface area contributed by atoms with Gasteiger partial charge in [-0.1, -0.05) is 0 Å². The van der Waals surface area contributed by atoms with E-state index < -0.39 is 0 Å². The van der Waals surface area contributed by atoms with Crippen molar-refractivity contribution in [2.24, 2.45) is 4.99 Å². The molecule has 1 aromatic rings. The van der Waals surface area contributed by atoms with Crippen LogP contribution in [0.15, 0.2) is 34.2 Å². The minimum atomic E-state index is -0.185. The maximum atomic E-state index is 12.9. The molecular formula is C18H30FN5S. The summed E-state index contributed by atoms with van der Waals surface area (Å²) in [5.74, 6) is 1.66. The smallest absolute Gasteiger partial charge is 0.191 e. The quantitative estimate of drug-likeness (QED) is 0.332. The zero-order chi connectivity index (χ0) is 18.1. The molecule has 0 aliphatic carbocycles. The van der Waals surface area contributed by atoms with E-state index in [4.69, 9.17) is 0 Å². The van der Waals surface area contributed by atoms with Crippen molar-refractivity contribution in [3.05, 3.63) is 30.1 Å². The van der Waals surface area contributed by atoms with E-state index in [1.165, 1.54) is 12.1 Å². The fourth-order valence-electron chi connectivity index (χ4n) is 2.76. The van der Waals surface area contributed by atoms with Gasteiger partial charge in [-0.15, -0.1) is 11.8 Å². The van der Waals surface area contributed by atoms with Crippen LogP contribution in [0.25, 0.3) is 0 Å². The monoisotopic (exact) mass is 367 g/mol. The first kappa shape index (κ1) is 20.0. The van der Waals surface area contributed by atoms with E-state index in [2.05, 4.69) is 39.5 Å². The van der Waals surface area contributed by atoms with Gasteiger partial charge in [0.25, 0.3) is 0 Å². The minimum Gasteiger partial charge on any atom is -0.356 e. The van der Waals surface area contributed by atoms with Crippen molar-refractivity contribution in [3.63, 3.8) is 0 Å². The molecule has 0 radical (unpaired) electrons. The predicted octanol–water partition coefficient (Wildman–Crippen LogP) is 1.72. The molecule has 5 nitrogen and oxygen atoms in total. The highest BCUT2D eigenvalue weighted by Crippen LogP contribution is 2.18. The molecule has 1 heterocycles. The van der Waals surface area contributed by atoms with Crippen molar-refractivity contribution < 1.29 is 4.39 Å². The molecule has 140 valence electrons. The molecular weight excluding hydrogens is 337 g/mol. The Morgan fingerprint density at radius 1 is 1.24 bits per heavy atom. The molecule has 0 amide bonds. The van der Waals surface area contributed by atoms with Crippen LogP contribution in [0.2, 0.25) is 0 Å². The Hall–Kier alpha value is -1.31. The molecule has 1 aliphatic heterocycles. The van der Waals surface area contributed by atoms with Gasteiger partial charge in [-0.3, -0.25) is 9.89 Å². The molecule has 0 spiro atoms. The van der Waals surface area contributed by atoms with Crippen molar-refractivity contribution >= 4 is 17.7 Å². The van der Waals surface area contributed by atoms with Gasteiger partial charge in [0.05, 0.1) is 0 Å². The first-order valence-electron chi connectivity index (χ1n) is 8.80. The Bertz CT molecular complexity index is 537. The highest BCUT2D eigenvalue weighted by atomic mass is 32.2. The number of aliphatic imine (C=N–C) groups is 1. The normalized spacial score (nSPS) is 19.8. The van der Waals surface area contributed by atoms with E-state index in [9.17, 15) is 4.39 Å². The summed E-state index contributed by atoms with van der Waals surface area (Å²) in [5.41, 5.74) is 0. The maximum Gasteiger partial charge on any atom is 0.191 e. The lowest BCUT2D eigenvalue weighted by Crippen LogP contribution is -2.55. The number of rotatable bonds is 7. The molecule has 7 heteroatoms. The Morgan fingerprint density at radius 2 is 2.00 bits per heavy atom. The molecule has 0 aromatic heterocycles. The van der Waals surface area contributed by atoms with Crippen LogP contribution < -0.4 is 10.6 Å². The summed E-state index contributed by atoms with van der Waals surface area (Å²) in [7, 11) is 6.16. The first-order chi connectivity index (χ1) is 12.1. The first-order valence-corrected chi connectivity index (χ1v) is 9.78. The van der Waals surface area contributed by atoms with Gasteiger partial charge < -0.3 is 15.5 Å². The molecule has 1 saturated heterocycles. The van der Waals surface area contributed by atoms with Gasteiger partial charge in [0.15, 0.2) is 5.96 Å². The molecule has 1 atom stereocenters. The van der Waals surface area contributed by atoms with Crippen LogP contribution in [0.1, 0.15) is 6.42 Å². The highest BCUT2D eigenvalue weighted by Gasteiger charge is 2.21. The number of hydrogen-bond acceptors (Lipinski definition) is 4. The van der Waals surface area contributed by atoms with Crippen LogP contribution in [0.5, 0.6) is 0 Å². The summed E-state index contributed by atoms with van der Waals surface area (Å²) in [6.45, 7) is 5.08. The Kier molecular flexibility index (Phi) is 8.51. The van der Waals surface area contributed by atoms with Crippen molar-refractivity contribution in [3.8, 4) is 0 Å². The number of halogens is 1. The lowest BCUT2D eigenvalue weighted by atomic mass is 10.2. The van der Waals surface area contributed by atoms with Crippen molar-refractivity contribution in [1.29, 1.82) is 0 Å². The topological polar surface area (TPSA) is 42.9 Å². The fourth-order valence-corrected chi connectivity index (χ4v) is 3.61. The summed E-state index contributed by atoms with van der Waals surface area (Å²) in [5, 5.41) is 6.79. The van der Waals surface area contributed by atoms with E-state index in [1.54, 1.807) is 18.8 Å². The van der Waals surface area contributed by atoms with Crippen LogP contribution in [0.4, 0.5) is 4.39 Å². The fraction of sp³-hybridized carbons (Fsp3) is 0.611. The van der Waals surface area contributed by atoms with Gasteiger partial charge in [0, 0.05) is 50.7 Å². The summed E-state index contributed by atoms with van der Waals surface area (Å²) in [6, 6.07) is 7.17. The molecule has 0 saturated carbocycles. The predicted molar refractivity (Wildman–Crippen MR) is 105 cm³/mol. The van der Waals surface area contributed by atoms with E-state index in [1.807, 2.05) is 12.1 Å². The molecule has 1 aromatic carbocycles. The third-order valence-electron chi connectivity index (χ3n) is 4.40. The molecule has 25 heavy (non-hydrogen) atoms. The average Bonchev–Trinajstić information content (AvgIpc) is 2.61. The number of thioether (sulfide) groups is 1. The minimum absolute atomic E-state index is 0.185. The van der Waals surface area contributed by atoms with Crippen LogP contribution in [0, 0.1) is 5.82 Å². The summed E-state index contributed by atoms with van der Waals surface area (Å²) in [4.78, 5) is 10.2. The summed E-state index contributed by atoms with van der Waals surface area (Å²) in [6.07, 6.45) is 1.02. The number of benzene rings is 1. The second-order valence-electron chi connectivity index (χ2n) is 6.43. The second kappa shape index (κ2) is 10.6. The number of nitrogens with zero attached hydrogens (tertiary/aromatic N) is 3. The number of guanidine groups is 1. The van der Waals surface area contributed by atoms with Crippen LogP contribution in [-0.4, -0.2) is 81.4 Å². The van der Waals surface area contributed by atoms with Gasteiger partial charge in [0.1, 0.15) is 5.82 Å². The van der Waals surface area contributed by atoms with Crippen molar-refractivity contribution in [2.75, 3.05) is 59.6 Å². The number of piperazine rings is 1. The van der Waals surface area contributed by atoms with E-state index in [-0.39, 0.29) is 5.82 Å². The van der Waals surface area contributed by atoms with Gasteiger partial charge in [0.2, 0.25) is 0 Å². The van der Waals surface area contributed by atoms with Gasteiger partial charge in [-0.2, -0.15) is 0 Å². The molecule has 0 bridgehead atoms. The van der Waals surface area contributed by atoms with E-state index in [0.717, 1.165) is 55.8 Å². The Labute approximate surface area is 155 Å². The standard InChI is InChI=1S/C18H30FN5S/c1-20-18(22-13-16-14-23(2)10-11-24(16)3)21-9-4-12-25-17-7-5-15(19)6-8-17/h5-8,16H,4,9-14H2,1-3H3,(H2,20,21,22). The van der Waals surface area contributed by atoms with Crippen molar-refractivity contribution in [1.82, 2.24) is 20.4 Å². The summed E-state index contributed by atoms with van der Waals surface area (Å²) < 4.78 is 12.9. The SMILES string of the molecule is CN=C(NCCCSc1ccc(F)cc1)NCC1CN(C)CCN1C. The zero-order valence-corrected chi connectivity index (χ0v) is 16.3. The van der Waals surface area contributed by atoms with E-state index in [0.29, 0.717) is 6.04 Å². The largest absolute Gasteiger partial charge is 0.356 e. The van der Waals surface area contributed by atoms with Gasteiger partial charge in [-0.05, 0) is 50.5 Å². The lowest BCUT2D eigenvalue weighted by Gasteiger charge is -2.37. The van der Waals surface area contributed by atoms with Crippen molar-refractivity contribution in [2.45, 2.75) is 17.4 Å². The lowest BCUT2D eigenvalue weighted by molar-refractivity contribution is 0.116. The van der Waals surface area contributed by atoms with E-state index >= 15 is 0 Å². The molecule has 1 unspecified atom stereocenters. The number of hydrogen-bond donors (Lipinski definition) is 2. The molecule has 2 N–H and O–H groups in total. The van der Waals surface area contributed by atoms with Crippen LogP contribution in [-0.2, 0) is 0 Å². The third-order valence-corrected chi connectivity index (χ3v) is 5.50. The Morgan fingerprint density at radius 3 is 2.72 bits per heavy atom. The zero-order valence-electron chi connectivity index (χ0n) is 15.5. The second-order valence-corrected chi connectivity index (χ2v) is 7.60. The van der Waals surface area contributed by atoms with Crippen LogP contribution >= 0.6 is 11.8 Å². The maximum absolute atomic E-state index is 12.9. The number of likely N-dealkylation sites (N-methyl/N-ethyl adjacent to an activating group) is 2. The average molecular weight is 368 g/mol.